The Balaban J connectivity index is 1.45. The summed E-state index contributed by atoms with van der Waals surface area (Å²) in [6, 6.07) is 20.2. The van der Waals surface area contributed by atoms with Gasteiger partial charge in [-0.05, 0) is 17.7 Å². The summed E-state index contributed by atoms with van der Waals surface area (Å²) in [5.74, 6) is 1.10. The van der Waals surface area contributed by atoms with Crippen molar-refractivity contribution in [2.45, 2.75) is 17.2 Å². The molecule has 1 atom stereocenters. The zero-order valence-electron chi connectivity index (χ0n) is 15.0. The van der Waals surface area contributed by atoms with Crippen molar-refractivity contribution in [3.63, 3.8) is 0 Å². The van der Waals surface area contributed by atoms with Crippen LogP contribution in [0.15, 0.2) is 65.6 Å². The third-order valence-corrected chi connectivity index (χ3v) is 5.67. The molecule has 1 fully saturated rings. The molecule has 2 aromatic rings. The molecule has 2 amide bonds. The molecule has 1 heterocycles. The molecule has 0 unspecified atom stereocenters. The molecule has 0 spiro atoms. The first-order valence-electron chi connectivity index (χ1n) is 8.88. The molecular weight excluding hydrogens is 344 g/mol. The zero-order valence-corrected chi connectivity index (χ0v) is 15.8. The van der Waals surface area contributed by atoms with Crippen LogP contribution in [0.25, 0.3) is 0 Å². The van der Waals surface area contributed by atoms with Crippen LogP contribution in [0, 0.1) is 0 Å². The number of hydrogen-bond donors (Lipinski definition) is 0. The molecule has 1 aliphatic heterocycles. The first-order chi connectivity index (χ1) is 12.6. The maximum absolute atomic E-state index is 12.5. The van der Waals surface area contributed by atoms with Crippen LogP contribution in [0.3, 0.4) is 0 Å². The highest BCUT2D eigenvalue weighted by atomic mass is 32.2. The molecule has 0 N–H and O–H groups in total. The maximum atomic E-state index is 12.5. The molecule has 0 bridgehead atoms. The van der Waals surface area contributed by atoms with Crippen molar-refractivity contribution in [1.82, 2.24) is 9.80 Å². The second-order valence-corrected chi connectivity index (χ2v) is 7.73. The number of likely N-dealkylation sites (N-methyl/N-ethyl adjacent to an activating group) is 1. The molecule has 1 aliphatic rings. The minimum atomic E-state index is 0.000670. The van der Waals surface area contributed by atoms with Gasteiger partial charge in [0.15, 0.2) is 0 Å². The van der Waals surface area contributed by atoms with Gasteiger partial charge in [-0.15, -0.1) is 11.8 Å². The number of amides is 2. The van der Waals surface area contributed by atoms with Gasteiger partial charge in [0.05, 0.1) is 6.54 Å². The summed E-state index contributed by atoms with van der Waals surface area (Å²) in [5, 5.41) is 0. The Hall–Kier alpha value is -2.27. The van der Waals surface area contributed by atoms with E-state index in [-0.39, 0.29) is 24.3 Å². The van der Waals surface area contributed by atoms with E-state index < -0.39 is 0 Å². The van der Waals surface area contributed by atoms with Crippen LogP contribution in [0.4, 0.5) is 0 Å². The summed E-state index contributed by atoms with van der Waals surface area (Å²) in [6.45, 7) is 1.47. The van der Waals surface area contributed by atoms with E-state index in [9.17, 15) is 9.59 Å². The average molecular weight is 369 g/mol. The smallest absolute Gasteiger partial charge is 0.241 e. The molecule has 2 aromatic carbocycles. The SMILES string of the molecule is CN(CCSc1ccccc1)C(=O)CN1C[C@@H](c2ccccc2)CC1=O. The summed E-state index contributed by atoms with van der Waals surface area (Å²) >= 11 is 1.73. The highest BCUT2D eigenvalue weighted by Gasteiger charge is 2.32. The Kier molecular flexibility index (Phi) is 6.34. The molecule has 3 rings (SSSR count). The number of benzene rings is 2. The van der Waals surface area contributed by atoms with Gasteiger partial charge in [0.1, 0.15) is 0 Å². The van der Waals surface area contributed by atoms with Crippen molar-refractivity contribution in [2.24, 2.45) is 0 Å². The minimum Gasteiger partial charge on any atom is -0.343 e. The molecule has 136 valence electrons. The standard InChI is InChI=1S/C21H24N2O2S/c1-22(12-13-26-19-10-6-3-7-11-19)21(25)16-23-15-18(14-20(23)24)17-8-4-2-5-9-17/h2-11,18H,12-16H2,1H3/t18-/m0/s1. The van der Waals surface area contributed by atoms with Gasteiger partial charge in [-0.1, -0.05) is 48.5 Å². The van der Waals surface area contributed by atoms with E-state index in [0.29, 0.717) is 19.5 Å². The Morgan fingerprint density at radius 1 is 1.12 bits per heavy atom. The highest BCUT2D eigenvalue weighted by molar-refractivity contribution is 7.99. The van der Waals surface area contributed by atoms with Gasteiger partial charge in [0.2, 0.25) is 11.8 Å². The summed E-state index contributed by atoms with van der Waals surface area (Å²) in [7, 11) is 1.81. The van der Waals surface area contributed by atoms with Gasteiger partial charge in [-0.25, -0.2) is 0 Å². The van der Waals surface area contributed by atoms with Crippen molar-refractivity contribution < 1.29 is 9.59 Å². The lowest BCUT2D eigenvalue weighted by Crippen LogP contribution is -2.39. The Labute approximate surface area is 159 Å². The fraction of sp³-hybridized carbons (Fsp3) is 0.333. The largest absolute Gasteiger partial charge is 0.343 e. The number of rotatable bonds is 7. The van der Waals surface area contributed by atoms with E-state index in [1.807, 2.05) is 43.4 Å². The highest BCUT2D eigenvalue weighted by Crippen LogP contribution is 2.27. The normalized spacial score (nSPS) is 16.7. The number of thioether (sulfide) groups is 1. The number of likely N-dealkylation sites (tertiary alicyclic amines) is 1. The van der Waals surface area contributed by atoms with Crippen LogP contribution in [0.2, 0.25) is 0 Å². The fourth-order valence-corrected chi connectivity index (χ4v) is 4.05. The van der Waals surface area contributed by atoms with E-state index in [1.165, 1.54) is 10.5 Å². The van der Waals surface area contributed by atoms with Gasteiger partial charge in [-0.2, -0.15) is 0 Å². The molecule has 4 nitrogen and oxygen atoms in total. The van der Waals surface area contributed by atoms with E-state index in [1.54, 1.807) is 21.6 Å². The van der Waals surface area contributed by atoms with Gasteiger partial charge in [-0.3, -0.25) is 9.59 Å². The fourth-order valence-electron chi connectivity index (χ4n) is 3.10. The first-order valence-corrected chi connectivity index (χ1v) is 9.86. The molecule has 1 saturated heterocycles. The Bertz CT molecular complexity index is 736. The molecule has 0 radical (unpaired) electrons. The molecule has 0 saturated carbocycles. The van der Waals surface area contributed by atoms with Crippen molar-refractivity contribution in [3.8, 4) is 0 Å². The third kappa shape index (κ3) is 4.88. The first kappa shape index (κ1) is 18.5. The van der Waals surface area contributed by atoms with Crippen LogP contribution >= 0.6 is 11.8 Å². The zero-order chi connectivity index (χ0) is 18.4. The molecule has 26 heavy (non-hydrogen) atoms. The lowest BCUT2D eigenvalue weighted by Gasteiger charge is -2.22. The number of carbonyl (C=O) groups excluding carboxylic acids is 2. The molecule has 0 aliphatic carbocycles. The summed E-state index contributed by atoms with van der Waals surface area (Å²) in [5.41, 5.74) is 1.17. The molecule has 5 heteroatoms. The van der Waals surface area contributed by atoms with Crippen molar-refractivity contribution in [1.29, 1.82) is 0 Å². The topological polar surface area (TPSA) is 40.6 Å². The van der Waals surface area contributed by atoms with E-state index >= 15 is 0 Å². The average Bonchev–Trinajstić information content (AvgIpc) is 3.03. The Morgan fingerprint density at radius 3 is 2.46 bits per heavy atom. The van der Waals surface area contributed by atoms with Crippen molar-refractivity contribution in [3.05, 3.63) is 66.2 Å². The number of nitrogens with zero attached hydrogens (tertiary/aromatic N) is 2. The Morgan fingerprint density at radius 2 is 1.77 bits per heavy atom. The van der Waals surface area contributed by atoms with E-state index in [0.717, 1.165) is 5.75 Å². The van der Waals surface area contributed by atoms with E-state index in [4.69, 9.17) is 0 Å². The van der Waals surface area contributed by atoms with Crippen LogP contribution in [-0.2, 0) is 9.59 Å². The van der Waals surface area contributed by atoms with Gasteiger partial charge in [0, 0.05) is 43.1 Å². The van der Waals surface area contributed by atoms with Crippen LogP contribution in [0.5, 0.6) is 0 Å². The van der Waals surface area contributed by atoms with Gasteiger partial charge >= 0.3 is 0 Å². The lowest BCUT2D eigenvalue weighted by atomic mass is 9.99. The molecular formula is C21H24N2O2S. The monoisotopic (exact) mass is 368 g/mol. The van der Waals surface area contributed by atoms with Crippen LogP contribution in [-0.4, -0.2) is 54.0 Å². The predicted octanol–water partition coefficient (Wildman–Crippen LogP) is 3.25. The number of hydrogen-bond acceptors (Lipinski definition) is 3. The molecule has 0 aromatic heterocycles. The second kappa shape index (κ2) is 8.90. The quantitative estimate of drug-likeness (QED) is 0.705. The summed E-state index contributed by atoms with van der Waals surface area (Å²) in [6.07, 6.45) is 0.491. The van der Waals surface area contributed by atoms with Gasteiger partial charge in [0.25, 0.3) is 0 Å². The van der Waals surface area contributed by atoms with Crippen LogP contribution < -0.4 is 0 Å². The van der Waals surface area contributed by atoms with E-state index in [2.05, 4.69) is 24.3 Å². The van der Waals surface area contributed by atoms with Gasteiger partial charge < -0.3 is 9.80 Å². The second-order valence-electron chi connectivity index (χ2n) is 6.56. The summed E-state index contributed by atoms with van der Waals surface area (Å²) in [4.78, 5) is 29.3. The van der Waals surface area contributed by atoms with Crippen molar-refractivity contribution >= 4 is 23.6 Å². The third-order valence-electron chi connectivity index (χ3n) is 4.68. The number of carbonyl (C=O) groups is 2. The van der Waals surface area contributed by atoms with Crippen molar-refractivity contribution in [2.75, 3.05) is 32.4 Å². The lowest BCUT2D eigenvalue weighted by molar-refractivity contribution is -0.137. The maximum Gasteiger partial charge on any atom is 0.241 e. The predicted molar refractivity (Wildman–Crippen MR) is 105 cm³/mol. The van der Waals surface area contributed by atoms with Crippen LogP contribution in [0.1, 0.15) is 17.9 Å². The minimum absolute atomic E-state index is 0.000670. The summed E-state index contributed by atoms with van der Waals surface area (Å²) < 4.78 is 0.